The first-order valence-corrected chi connectivity index (χ1v) is 13.2. The highest BCUT2D eigenvalue weighted by atomic mass is 79.9. The van der Waals surface area contributed by atoms with Crippen LogP contribution in [0.15, 0.2) is 89.7 Å². The van der Waals surface area contributed by atoms with E-state index in [-0.39, 0.29) is 25.5 Å². The Morgan fingerprint density at radius 3 is 2.35 bits per heavy atom. The Morgan fingerprint density at radius 2 is 1.70 bits per heavy atom. The van der Waals surface area contributed by atoms with Gasteiger partial charge in [0, 0.05) is 15.2 Å². The molecule has 5 aromatic rings. The minimum absolute atomic E-state index is 0.151. The zero-order chi connectivity index (χ0) is 28.5. The van der Waals surface area contributed by atoms with Crippen LogP contribution in [0.1, 0.15) is 23.0 Å². The SMILES string of the molecule is CCOC(=O)CNC(=O)c1c(OCc2ccccc2)c2cccc(Br)c2c2ncnn12.OB(O)c1ccccc1. The number of nitrogens with zero attached hydrogens (tertiary/aromatic N) is 3. The molecule has 0 aliphatic rings. The van der Waals surface area contributed by atoms with Crippen LogP contribution in [0.25, 0.3) is 16.4 Å². The van der Waals surface area contributed by atoms with Crippen LogP contribution in [0, 0.1) is 0 Å². The molecule has 0 spiro atoms. The van der Waals surface area contributed by atoms with Crippen molar-refractivity contribution in [2.45, 2.75) is 13.5 Å². The number of hydrogen-bond donors (Lipinski definition) is 3. The normalized spacial score (nSPS) is 10.5. The largest absolute Gasteiger partial charge is 0.488 e. The molecule has 5 rings (SSSR count). The van der Waals surface area contributed by atoms with E-state index in [0.29, 0.717) is 22.2 Å². The van der Waals surface area contributed by atoms with E-state index in [2.05, 4.69) is 31.3 Å². The van der Waals surface area contributed by atoms with E-state index < -0.39 is 19.0 Å². The Kier molecular flexibility index (Phi) is 9.84. The molecule has 0 unspecified atom stereocenters. The Balaban J connectivity index is 0.000000350. The minimum atomic E-state index is -1.34. The number of aromatic nitrogens is 3. The van der Waals surface area contributed by atoms with Crippen molar-refractivity contribution in [1.29, 1.82) is 0 Å². The molecular weight excluding hydrogens is 579 g/mol. The highest BCUT2D eigenvalue weighted by Gasteiger charge is 2.25. The van der Waals surface area contributed by atoms with E-state index in [1.165, 1.54) is 10.8 Å². The molecule has 40 heavy (non-hydrogen) atoms. The van der Waals surface area contributed by atoms with E-state index in [1.54, 1.807) is 31.2 Å². The summed E-state index contributed by atoms with van der Waals surface area (Å²) in [5, 5.41) is 25.5. The molecule has 0 saturated carbocycles. The summed E-state index contributed by atoms with van der Waals surface area (Å²) in [6, 6.07) is 23.9. The van der Waals surface area contributed by atoms with Crippen LogP contribution in [0.4, 0.5) is 0 Å². The molecule has 10 nitrogen and oxygen atoms in total. The molecule has 0 atom stereocenters. The van der Waals surface area contributed by atoms with E-state index in [4.69, 9.17) is 19.5 Å². The van der Waals surface area contributed by atoms with Crippen molar-refractivity contribution < 1.29 is 29.1 Å². The smallest absolute Gasteiger partial charge is 0.486 e. The Bertz CT molecular complexity index is 1600. The van der Waals surface area contributed by atoms with Gasteiger partial charge in [-0.25, -0.2) is 9.50 Å². The van der Waals surface area contributed by atoms with Crippen molar-refractivity contribution in [2.24, 2.45) is 0 Å². The number of ether oxygens (including phenoxy) is 2. The van der Waals surface area contributed by atoms with Gasteiger partial charge < -0.3 is 24.8 Å². The molecule has 0 aliphatic carbocycles. The van der Waals surface area contributed by atoms with Crippen molar-refractivity contribution in [2.75, 3.05) is 13.2 Å². The van der Waals surface area contributed by atoms with Crippen molar-refractivity contribution in [3.05, 3.63) is 101 Å². The number of pyridine rings is 1. The summed E-state index contributed by atoms with van der Waals surface area (Å²) in [5.41, 5.74) is 2.12. The molecular formula is C28H26BBrN4O6. The number of carbonyl (C=O) groups excluding carboxylic acids is 2. The van der Waals surface area contributed by atoms with Crippen LogP contribution in [0.5, 0.6) is 5.75 Å². The van der Waals surface area contributed by atoms with E-state index in [1.807, 2.05) is 54.6 Å². The molecule has 0 bridgehead atoms. The zero-order valence-electron chi connectivity index (χ0n) is 21.5. The highest BCUT2D eigenvalue weighted by molar-refractivity contribution is 9.10. The van der Waals surface area contributed by atoms with Gasteiger partial charge in [0.25, 0.3) is 5.91 Å². The fourth-order valence-corrected chi connectivity index (χ4v) is 4.43. The Morgan fingerprint density at radius 1 is 1.00 bits per heavy atom. The monoisotopic (exact) mass is 604 g/mol. The van der Waals surface area contributed by atoms with Gasteiger partial charge >= 0.3 is 13.1 Å². The molecule has 3 N–H and O–H groups in total. The van der Waals surface area contributed by atoms with Gasteiger partial charge in [-0.3, -0.25) is 9.59 Å². The van der Waals surface area contributed by atoms with Gasteiger partial charge in [0.05, 0.1) is 6.61 Å². The van der Waals surface area contributed by atoms with Crippen LogP contribution in [0.3, 0.4) is 0 Å². The third-order valence-electron chi connectivity index (χ3n) is 5.69. The highest BCUT2D eigenvalue weighted by Crippen LogP contribution is 2.36. The lowest BCUT2D eigenvalue weighted by atomic mass is 9.81. The van der Waals surface area contributed by atoms with Crippen LogP contribution in [-0.4, -0.2) is 56.8 Å². The fraction of sp³-hybridized carbons (Fsp3) is 0.143. The lowest BCUT2D eigenvalue weighted by Gasteiger charge is -2.16. The van der Waals surface area contributed by atoms with Crippen molar-refractivity contribution in [3.63, 3.8) is 0 Å². The first-order chi connectivity index (χ1) is 19.4. The average Bonchev–Trinajstić information content (AvgIpc) is 3.45. The van der Waals surface area contributed by atoms with Crippen LogP contribution >= 0.6 is 15.9 Å². The quantitative estimate of drug-likeness (QED) is 0.182. The molecule has 12 heteroatoms. The second-order valence-electron chi connectivity index (χ2n) is 8.38. The number of halogens is 1. The minimum Gasteiger partial charge on any atom is -0.486 e. The standard InChI is InChI=1S/C22H19BrN4O4.C6H7BO2/c1-2-30-17(28)11-24-22(29)19-20(31-12-14-7-4-3-5-8-14)15-9-6-10-16(23)18(15)21-25-13-26-27(19)21;8-7(9)6-4-2-1-3-5-6/h3-10,13H,2,11-12H2,1H3,(H,24,29);1-5,8-9H. The maximum Gasteiger partial charge on any atom is 0.488 e. The van der Waals surface area contributed by atoms with Crippen LogP contribution in [0.2, 0.25) is 0 Å². The number of amides is 1. The summed E-state index contributed by atoms with van der Waals surface area (Å²) in [5.74, 6) is -0.700. The molecule has 204 valence electrons. The Hall–Kier alpha value is -4.26. The average molecular weight is 605 g/mol. The maximum atomic E-state index is 13.1. The summed E-state index contributed by atoms with van der Waals surface area (Å²) in [7, 11) is -1.34. The summed E-state index contributed by atoms with van der Waals surface area (Å²) in [6.07, 6.45) is 1.37. The molecule has 0 aliphatic heterocycles. The third kappa shape index (κ3) is 6.84. The molecule has 2 aromatic heterocycles. The van der Waals surface area contributed by atoms with Gasteiger partial charge in [-0.1, -0.05) is 88.7 Å². The maximum absolute atomic E-state index is 13.1. The van der Waals surface area contributed by atoms with Gasteiger partial charge in [-0.05, 0) is 24.0 Å². The van der Waals surface area contributed by atoms with Crippen molar-refractivity contribution in [3.8, 4) is 5.75 Å². The number of nitrogens with one attached hydrogen (secondary N) is 1. The zero-order valence-corrected chi connectivity index (χ0v) is 23.1. The summed E-state index contributed by atoms with van der Waals surface area (Å²) in [6.45, 7) is 1.92. The number of rotatable bonds is 8. The lowest BCUT2D eigenvalue weighted by molar-refractivity contribution is -0.141. The number of carbonyl (C=O) groups is 2. The lowest BCUT2D eigenvalue weighted by Crippen LogP contribution is -2.32. The second kappa shape index (κ2) is 13.7. The van der Waals surface area contributed by atoms with E-state index in [0.717, 1.165) is 15.4 Å². The molecule has 2 heterocycles. The predicted octanol–water partition coefficient (Wildman–Crippen LogP) is 2.88. The summed E-state index contributed by atoms with van der Waals surface area (Å²) < 4.78 is 13.3. The first kappa shape index (κ1) is 28.7. The van der Waals surface area contributed by atoms with Gasteiger partial charge in [0.1, 0.15) is 19.5 Å². The van der Waals surface area contributed by atoms with Crippen LogP contribution < -0.4 is 15.5 Å². The molecule has 3 aromatic carbocycles. The number of esters is 1. The van der Waals surface area contributed by atoms with Crippen molar-refractivity contribution in [1.82, 2.24) is 19.9 Å². The number of benzene rings is 3. The van der Waals surface area contributed by atoms with E-state index in [9.17, 15) is 9.59 Å². The van der Waals surface area contributed by atoms with Gasteiger partial charge in [-0.15, -0.1) is 0 Å². The second-order valence-corrected chi connectivity index (χ2v) is 9.24. The molecule has 0 saturated heterocycles. The topological polar surface area (TPSA) is 135 Å². The van der Waals surface area contributed by atoms with E-state index >= 15 is 0 Å². The van der Waals surface area contributed by atoms with Crippen LogP contribution in [-0.2, 0) is 16.1 Å². The summed E-state index contributed by atoms with van der Waals surface area (Å²) in [4.78, 5) is 29.2. The van der Waals surface area contributed by atoms with Gasteiger partial charge in [0.2, 0.25) is 0 Å². The molecule has 0 fully saturated rings. The van der Waals surface area contributed by atoms with Crippen molar-refractivity contribution >= 4 is 56.8 Å². The van der Waals surface area contributed by atoms with Gasteiger partial charge in [-0.2, -0.15) is 5.10 Å². The van der Waals surface area contributed by atoms with Gasteiger partial charge in [0.15, 0.2) is 17.1 Å². The predicted molar refractivity (Wildman–Crippen MR) is 154 cm³/mol. The molecule has 1 amide bonds. The Labute approximate surface area is 238 Å². The first-order valence-electron chi connectivity index (χ1n) is 12.4. The molecule has 0 radical (unpaired) electrons. The number of fused-ring (bicyclic) bond motifs is 3. The third-order valence-corrected chi connectivity index (χ3v) is 6.35. The fourth-order valence-electron chi connectivity index (χ4n) is 3.89. The number of hydrogen-bond acceptors (Lipinski definition) is 8. The summed E-state index contributed by atoms with van der Waals surface area (Å²) >= 11 is 3.56.